The molecule has 2 aromatic carbocycles. The van der Waals surface area contributed by atoms with Gasteiger partial charge in [-0.3, -0.25) is 14.9 Å². The van der Waals surface area contributed by atoms with Crippen LogP contribution in [0.2, 0.25) is 0 Å². The van der Waals surface area contributed by atoms with Crippen LogP contribution < -0.4 is 9.75 Å². The second kappa shape index (κ2) is 7.28. The van der Waals surface area contributed by atoms with Crippen LogP contribution >= 0.6 is 0 Å². The number of phenolic OH excluding ortho intramolecular Hbond substituents is 1. The molecule has 0 saturated heterocycles. The van der Waals surface area contributed by atoms with Crippen LogP contribution in [0, 0.1) is 10.1 Å². The van der Waals surface area contributed by atoms with Crippen molar-refractivity contribution in [2.45, 2.75) is 13.8 Å². The van der Waals surface area contributed by atoms with Crippen molar-refractivity contribution in [3.8, 4) is 11.5 Å². The van der Waals surface area contributed by atoms with E-state index in [1.807, 2.05) is 6.07 Å². The van der Waals surface area contributed by atoms with E-state index >= 15 is 0 Å². The van der Waals surface area contributed by atoms with Crippen LogP contribution in [0.1, 0.15) is 19.4 Å². The summed E-state index contributed by atoms with van der Waals surface area (Å²) in [6.07, 6.45) is 1.50. The Bertz CT molecular complexity index is 967. The number of hydrogen-bond donors (Lipinski definition) is 1. The van der Waals surface area contributed by atoms with Gasteiger partial charge in [-0.1, -0.05) is 18.2 Å². The molecule has 0 unspecified atom stereocenters. The highest BCUT2D eigenvalue weighted by molar-refractivity contribution is 6.32. The van der Waals surface area contributed by atoms with E-state index < -0.39 is 16.4 Å². The summed E-state index contributed by atoms with van der Waals surface area (Å²) in [4.78, 5) is 23.2. The number of para-hydroxylation sites is 1. The van der Waals surface area contributed by atoms with E-state index in [9.17, 15) is 20.0 Å². The Balaban J connectivity index is 2.03. The first kappa shape index (κ1) is 18.1. The number of benzene rings is 2. The molecule has 8 nitrogen and oxygen atoms in total. The molecule has 1 aliphatic rings. The van der Waals surface area contributed by atoms with E-state index in [0.717, 1.165) is 0 Å². The maximum atomic E-state index is 12.7. The number of amides is 1. The lowest BCUT2D eigenvalue weighted by atomic mass is 10.1. The minimum Gasteiger partial charge on any atom is -0.500 e. The van der Waals surface area contributed by atoms with Gasteiger partial charge in [-0.2, -0.15) is 10.1 Å². The van der Waals surface area contributed by atoms with Gasteiger partial charge in [0.15, 0.2) is 5.75 Å². The average Bonchev–Trinajstić information content (AvgIpc) is 2.93. The summed E-state index contributed by atoms with van der Waals surface area (Å²) in [5.74, 6) is -0.899. The Morgan fingerprint density at radius 1 is 1.30 bits per heavy atom. The number of nitro benzene ring substituents is 1. The van der Waals surface area contributed by atoms with Crippen LogP contribution in [0.15, 0.2) is 53.1 Å². The van der Waals surface area contributed by atoms with Crippen molar-refractivity contribution in [1.82, 2.24) is 0 Å². The molecule has 0 saturated carbocycles. The molecule has 1 amide bonds. The number of aromatic hydroxyl groups is 1. The van der Waals surface area contributed by atoms with Crippen LogP contribution in [0.3, 0.4) is 0 Å². The van der Waals surface area contributed by atoms with Gasteiger partial charge in [0.1, 0.15) is 0 Å². The van der Waals surface area contributed by atoms with Crippen LogP contribution in [-0.2, 0) is 4.79 Å². The second-order valence-corrected chi connectivity index (χ2v) is 5.77. The molecule has 0 aliphatic carbocycles. The molecule has 0 radical (unpaired) electrons. The molecular weight excluding hydrogens is 350 g/mol. The molecule has 138 valence electrons. The molecule has 1 aliphatic heterocycles. The molecule has 2 aromatic rings. The van der Waals surface area contributed by atoms with Gasteiger partial charge in [-0.15, -0.1) is 0 Å². The summed E-state index contributed by atoms with van der Waals surface area (Å²) >= 11 is 0. The Morgan fingerprint density at radius 2 is 2.00 bits per heavy atom. The van der Waals surface area contributed by atoms with Crippen molar-refractivity contribution in [2.75, 3.05) is 11.6 Å². The van der Waals surface area contributed by atoms with E-state index in [2.05, 4.69) is 5.10 Å². The largest absolute Gasteiger partial charge is 0.500 e. The predicted octanol–water partition coefficient (Wildman–Crippen LogP) is 3.51. The zero-order valence-corrected chi connectivity index (χ0v) is 14.7. The Kier molecular flexibility index (Phi) is 4.89. The fraction of sp³-hybridized carbons (Fsp3) is 0.158. The highest BCUT2D eigenvalue weighted by Gasteiger charge is 2.29. The number of hydrogen-bond acceptors (Lipinski definition) is 6. The zero-order valence-electron chi connectivity index (χ0n) is 14.7. The Hall–Kier alpha value is -3.68. The average molecular weight is 367 g/mol. The van der Waals surface area contributed by atoms with E-state index in [1.165, 1.54) is 23.2 Å². The minimum atomic E-state index is -0.701. The molecule has 0 aromatic heterocycles. The predicted molar refractivity (Wildman–Crippen MR) is 101 cm³/mol. The number of carbonyl (C=O) groups excluding carboxylic acids is 1. The lowest BCUT2D eigenvalue weighted by Crippen LogP contribution is -2.21. The van der Waals surface area contributed by atoms with Gasteiger partial charge in [0.05, 0.1) is 28.5 Å². The summed E-state index contributed by atoms with van der Waals surface area (Å²) in [6.45, 7) is 3.61. The van der Waals surface area contributed by atoms with Gasteiger partial charge in [0, 0.05) is 6.07 Å². The van der Waals surface area contributed by atoms with Gasteiger partial charge in [-0.05, 0) is 43.7 Å². The van der Waals surface area contributed by atoms with Crippen LogP contribution in [0.5, 0.6) is 11.5 Å². The summed E-state index contributed by atoms with van der Waals surface area (Å²) in [7, 11) is 0. The third-order valence-corrected chi connectivity index (χ3v) is 3.95. The first-order chi connectivity index (χ1) is 12.9. The van der Waals surface area contributed by atoms with E-state index in [4.69, 9.17) is 4.74 Å². The minimum absolute atomic E-state index is 0.0153. The molecule has 8 heteroatoms. The molecule has 0 spiro atoms. The number of hydrazone groups is 1. The second-order valence-electron chi connectivity index (χ2n) is 5.77. The molecule has 0 atom stereocenters. The van der Waals surface area contributed by atoms with E-state index in [-0.39, 0.29) is 18.3 Å². The third-order valence-electron chi connectivity index (χ3n) is 3.95. The van der Waals surface area contributed by atoms with Crippen LogP contribution in [0.4, 0.5) is 11.4 Å². The molecular formula is C19H17N3O5. The molecule has 3 rings (SSSR count). The summed E-state index contributed by atoms with van der Waals surface area (Å²) in [5.41, 5.74) is 1.28. The Morgan fingerprint density at radius 3 is 2.63 bits per heavy atom. The van der Waals surface area contributed by atoms with Crippen molar-refractivity contribution in [1.29, 1.82) is 0 Å². The van der Waals surface area contributed by atoms with Gasteiger partial charge >= 0.3 is 5.69 Å². The van der Waals surface area contributed by atoms with Crippen molar-refractivity contribution >= 4 is 29.1 Å². The van der Waals surface area contributed by atoms with Gasteiger partial charge in [0.25, 0.3) is 5.91 Å². The topological polar surface area (TPSA) is 105 Å². The zero-order chi connectivity index (χ0) is 19.6. The van der Waals surface area contributed by atoms with Gasteiger partial charge in [0.2, 0.25) is 5.75 Å². The van der Waals surface area contributed by atoms with Crippen molar-refractivity contribution in [3.05, 3.63) is 63.7 Å². The first-order valence-electron chi connectivity index (χ1n) is 8.23. The number of rotatable bonds is 5. The fourth-order valence-corrected chi connectivity index (χ4v) is 2.70. The summed E-state index contributed by atoms with van der Waals surface area (Å²) in [6, 6.07) is 11.6. The standard InChI is InChI=1S/C19H17N3O5/c1-3-27-17-11-13(10-16(18(17)23)22(25)26)9-15-12(2)20-21(19(15)24)14-7-5-4-6-8-14/h4-11,23H,3H2,1-2H3/b15-9+. The molecule has 1 heterocycles. The van der Waals surface area contributed by atoms with Gasteiger partial charge < -0.3 is 9.84 Å². The number of phenols is 1. The highest BCUT2D eigenvalue weighted by atomic mass is 16.6. The summed E-state index contributed by atoms with van der Waals surface area (Å²) < 4.78 is 5.27. The lowest BCUT2D eigenvalue weighted by molar-refractivity contribution is -0.386. The molecule has 0 fully saturated rings. The SMILES string of the molecule is CCOc1cc(/C=C2/C(=O)N(c3ccccc3)N=C2C)cc([N+](=O)[O-])c1O. The maximum absolute atomic E-state index is 12.7. The third kappa shape index (κ3) is 3.50. The molecule has 27 heavy (non-hydrogen) atoms. The normalized spacial score (nSPS) is 15.2. The first-order valence-corrected chi connectivity index (χ1v) is 8.23. The van der Waals surface area contributed by atoms with Crippen molar-refractivity contribution < 1.29 is 19.6 Å². The van der Waals surface area contributed by atoms with Crippen LogP contribution in [-0.4, -0.2) is 28.3 Å². The van der Waals surface area contributed by atoms with Crippen molar-refractivity contribution in [2.24, 2.45) is 5.10 Å². The monoisotopic (exact) mass is 367 g/mol. The molecule has 0 bridgehead atoms. The van der Waals surface area contributed by atoms with E-state index in [0.29, 0.717) is 22.5 Å². The number of carbonyl (C=O) groups is 1. The maximum Gasteiger partial charge on any atom is 0.315 e. The van der Waals surface area contributed by atoms with E-state index in [1.54, 1.807) is 38.1 Å². The quantitative estimate of drug-likeness (QED) is 0.495. The molecule has 1 N–H and O–H groups in total. The smallest absolute Gasteiger partial charge is 0.315 e. The summed E-state index contributed by atoms with van der Waals surface area (Å²) in [5, 5.41) is 26.7. The van der Waals surface area contributed by atoms with Gasteiger partial charge in [-0.25, -0.2) is 0 Å². The fourth-order valence-electron chi connectivity index (χ4n) is 2.70. The van der Waals surface area contributed by atoms with Crippen LogP contribution in [0.25, 0.3) is 6.08 Å². The number of anilines is 1. The van der Waals surface area contributed by atoms with Crippen molar-refractivity contribution in [3.63, 3.8) is 0 Å². The lowest BCUT2D eigenvalue weighted by Gasteiger charge is -2.11. The highest BCUT2D eigenvalue weighted by Crippen LogP contribution is 2.38. The Labute approximate surface area is 155 Å². The number of nitro groups is 1. The number of nitrogens with zero attached hydrogens (tertiary/aromatic N) is 3. The number of ether oxygens (including phenoxy) is 1.